The van der Waals surface area contributed by atoms with Gasteiger partial charge in [-0.15, -0.1) is 0 Å². The molecule has 0 radical (unpaired) electrons. The van der Waals surface area contributed by atoms with Crippen LogP contribution in [-0.4, -0.2) is 84.0 Å². The van der Waals surface area contributed by atoms with Crippen LogP contribution in [0, 0.1) is 0 Å². The van der Waals surface area contributed by atoms with E-state index in [0.717, 1.165) is 32.5 Å². The molecule has 0 fully saturated rings. The zero-order valence-electron chi connectivity index (χ0n) is 19.9. The van der Waals surface area contributed by atoms with Crippen molar-refractivity contribution >= 4 is 17.9 Å². The fourth-order valence-electron chi connectivity index (χ4n) is 2.27. The van der Waals surface area contributed by atoms with Crippen LogP contribution in [0.25, 0.3) is 0 Å². The summed E-state index contributed by atoms with van der Waals surface area (Å²) >= 11 is 0. The standard InChI is InChI=1S/C19H39N5O5.C2H6/c1-3-20-9-4-5-10-21-13-7-17(25)22-11-6-12-23-19(27)24-14-16-29-15-8-18(26)28-2;1-2/h20-21H,3-16H2,1-2H3,(H,22,25)(H2,23,24,27);1-2H3. The molecule has 10 heteroatoms. The lowest BCUT2D eigenvalue weighted by Crippen LogP contribution is -2.38. The summed E-state index contributed by atoms with van der Waals surface area (Å²) in [5.41, 5.74) is 0. The Morgan fingerprint density at radius 3 is 2.03 bits per heavy atom. The number of nitrogens with one attached hydrogen (secondary N) is 5. The van der Waals surface area contributed by atoms with Crippen LogP contribution in [-0.2, 0) is 19.1 Å². The molecule has 0 aliphatic heterocycles. The van der Waals surface area contributed by atoms with E-state index in [2.05, 4.69) is 38.2 Å². The van der Waals surface area contributed by atoms with Crippen LogP contribution in [0.5, 0.6) is 0 Å². The number of unbranched alkanes of at least 4 members (excludes halogenated alkanes) is 1. The van der Waals surface area contributed by atoms with Crippen LogP contribution >= 0.6 is 0 Å². The molecule has 0 aromatic heterocycles. The Hall–Kier alpha value is -1.91. The van der Waals surface area contributed by atoms with E-state index in [0.29, 0.717) is 45.6 Å². The van der Waals surface area contributed by atoms with E-state index in [4.69, 9.17) is 4.74 Å². The van der Waals surface area contributed by atoms with Gasteiger partial charge in [-0.1, -0.05) is 20.8 Å². The zero-order valence-corrected chi connectivity index (χ0v) is 19.9. The third-order valence-corrected chi connectivity index (χ3v) is 3.91. The molecule has 0 unspecified atom stereocenters. The van der Waals surface area contributed by atoms with Gasteiger partial charge in [0.1, 0.15) is 0 Å². The van der Waals surface area contributed by atoms with E-state index < -0.39 is 0 Å². The molecule has 0 saturated heterocycles. The fraction of sp³-hybridized carbons (Fsp3) is 0.857. The Morgan fingerprint density at radius 1 is 0.710 bits per heavy atom. The molecule has 0 spiro atoms. The second-order valence-corrected chi connectivity index (χ2v) is 6.39. The molecule has 0 rings (SSSR count). The van der Waals surface area contributed by atoms with Gasteiger partial charge in [0.05, 0.1) is 26.7 Å². The second-order valence-electron chi connectivity index (χ2n) is 6.39. The summed E-state index contributed by atoms with van der Waals surface area (Å²) in [4.78, 5) is 34.1. The molecule has 184 valence electrons. The van der Waals surface area contributed by atoms with Gasteiger partial charge in [-0.2, -0.15) is 0 Å². The number of rotatable bonds is 19. The molecule has 3 amide bonds. The predicted octanol–water partition coefficient (Wildman–Crippen LogP) is 0.767. The van der Waals surface area contributed by atoms with E-state index in [1.165, 1.54) is 7.11 Å². The molecule has 0 aliphatic rings. The van der Waals surface area contributed by atoms with Crippen molar-refractivity contribution in [3.8, 4) is 0 Å². The van der Waals surface area contributed by atoms with E-state index in [-0.39, 0.29) is 30.9 Å². The highest BCUT2D eigenvalue weighted by Gasteiger charge is 2.02. The number of carbonyl (C=O) groups excluding carboxylic acids is 3. The van der Waals surface area contributed by atoms with E-state index in [1.54, 1.807) is 0 Å². The first-order valence-corrected chi connectivity index (χ1v) is 11.4. The fourth-order valence-corrected chi connectivity index (χ4v) is 2.27. The number of urea groups is 1. The largest absolute Gasteiger partial charge is 0.469 e. The molecule has 0 aromatic carbocycles. The zero-order chi connectivity index (χ0) is 23.6. The van der Waals surface area contributed by atoms with Gasteiger partial charge in [-0.25, -0.2) is 4.79 Å². The smallest absolute Gasteiger partial charge is 0.314 e. The molecule has 5 N–H and O–H groups in total. The van der Waals surface area contributed by atoms with Crippen LogP contribution in [0.1, 0.15) is 52.9 Å². The third kappa shape index (κ3) is 26.1. The van der Waals surface area contributed by atoms with Crippen LogP contribution in [0.3, 0.4) is 0 Å². The van der Waals surface area contributed by atoms with Gasteiger partial charge in [0, 0.05) is 32.6 Å². The number of ether oxygens (including phenoxy) is 2. The average molecular weight is 448 g/mol. The Bertz CT molecular complexity index is 438. The molecule has 0 aromatic rings. The number of esters is 1. The van der Waals surface area contributed by atoms with Crippen LogP contribution in [0.4, 0.5) is 4.79 Å². The molecule has 0 heterocycles. The maximum atomic E-state index is 11.7. The highest BCUT2D eigenvalue weighted by Crippen LogP contribution is 1.86. The molecule has 0 bridgehead atoms. The number of amides is 3. The number of carbonyl (C=O) groups is 3. The van der Waals surface area contributed by atoms with Gasteiger partial charge >= 0.3 is 12.0 Å². The quantitative estimate of drug-likeness (QED) is 0.146. The SMILES string of the molecule is CC.CCNCCCCNCCC(=O)NCCCNC(=O)NCCOCCC(=O)OC. The maximum Gasteiger partial charge on any atom is 0.314 e. The van der Waals surface area contributed by atoms with Crippen LogP contribution in [0.15, 0.2) is 0 Å². The first-order valence-electron chi connectivity index (χ1n) is 11.4. The Labute approximate surface area is 188 Å². The minimum atomic E-state index is -0.324. The molecule has 0 atom stereocenters. The number of methoxy groups -OCH3 is 1. The summed E-state index contributed by atoms with van der Waals surface area (Å²) in [5, 5.41) is 14.7. The van der Waals surface area contributed by atoms with E-state index in [9.17, 15) is 14.4 Å². The molecule has 10 nitrogen and oxygen atoms in total. The number of hydrogen-bond donors (Lipinski definition) is 5. The molecular formula is C21H45N5O5. The van der Waals surface area contributed by atoms with Crippen molar-refractivity contribution in [2.75, 3.05) is 66.1 Å². The lowest BCUT2D eigenvalue weighted by atomic mass is 10.3. The summed E-state index contributed by atoms with van der Waals surface area (Å²) < 4.78 is 9.68. The summed E-state index contributed by atoms with van der Waals surface area (Å²) in [6.45, 7) is 11.7. The Balaban J connectivity index is 0. The monoisotopic (exact) mass is 447 g/mol. The van der Waals surface area contributed by atoms with Crippen molar-refractivity contribution in [3.63, 3.8) is 0 Å². The molecule has 0 aliphatic carbocycles. The van der Waals surface area contributed by atoms with Gasteiger partial charge in [0.2, 0.25) is 5.91 Å². The maximum absolute atomic E-state index is 11.7. The van der Waals surface area contributed by atoms with Gasteiger partial charge in [-0.05, 0) is 38.9 Å². The highest BCUT2D eigenvalue weighted by molar-refractivity contribution is 5.76. The van der Waals surface area contributed by atoms with Crippen molar-refractivity contribution in [3.05, 3.63) is 0 Å². The van der Waals surface area contributed by atoms with Gasteiger partial charge in [0.15, 0.2) is 0 Å². The Morgan fingerprint density at radius 2 is 1.35 bits per heavy atom. The normalized spacial score (nSPS) is 9.94. The Kier molecular flexibility index (Phi) is 26.4. The summed E-state index contributed by atoms with van der Waals surface area (Å²) in [5.74, 6) is -0.312. The predicted molar refractivity (Wildman–Crippen MR) is 123 cm³/mol. The first-order chi connectivity index (χ1) is 15.1. The van der Waals surface area contributed by atoms with E-state index >= 15 is 0 Å². The summed E-state index contributed by atoms with van der Waals surface area (Å²) in [7, 11) is 1.33. The third-order valence-electron chi connectivity index (χ3n) is 3.91. The van der Waals surface area contributed by atoms with E-state index in [1.807, 2.05) is 13.8 Å². The van der Waals surface area contributed by atoms with Gasteiger partial charge in [-0.3, -0.25) is 9.59 Å². The van der Waals surface area contributed by atoms with Crippen LogP contribution < -0.4 is 26.6 Å². The highest BCUT2D eigenvalue weighted by atomic mass is 16.5. The topological polar surface area (TPSA) is 130 Å². The molecule has 31 heavy (non-hydrogen) atoms. The second kappa shape index (κ2) is 26.1. The lowest BCUT2D eigenvalue weighted by Gasteiger charge is -2.09. The van der Waals surface area contributed by atoms with Crippen LogP contribution in [0.2, 0.25) is 0 Å². The summed E-state index contributed by atoms with van der Waals surface area (Å²) in [6.07, 6.45) is 3.54. The summed E-state index contributed by atoms with van der Waals surface area (Å²) in [6, 6.07) is -0.286. The van der Waals surface area contributed by atoms with Crippen molar-refractivity contribution < 1.29 is 23.9 Å². The van der Waals surface area contributed by atoms with Crippen molar-refractivity contribution in [2.45, 2.75) is 52.9 Å². The van der Waals surface area contributed by atoms with Gasteiger partial charge in [0.25, 0.3) is 0 Å². The van der Waals surface area contributed by atoms with Crippen molar-refractivity contribution in [2.24, 2.45) is 0 Å². The minimum absolute atomic E-state index is 0.0127. The number of hydrogen-bond acceptors (Lipinski definition) is 7. The van der Waals surface area contributed by atoms with Gasteiger partial charge < -0.3 is 36.1 Å². The molecule has 0 saturated carbocycles. The molecular weight excluding hydrogens is 402 g/mol. The first kappa shape index (κ1) is 31.3. The average Bonchev–Trinajstić information content (AvgIpc) is 2.78. The van der Waals surface area contributed by atoms with Crippen molar-refractivity contribution in [1.82, 2.24) is 26.6 Å². The minimum Gasteiger partial charge on any atom is -0.469 e. The van der Waals surface area contributed by atoms with Crippen molar-refractivity contribution in [1.29, 1.82) is 0 Å². The lowest BCUT2D eigenvalue weighted by molar-refractivity contribution is -0.141.